The molecular formula is C11H16N4O. The number of nitrogens with one attached hydrogen (secondary N) is 1. The molecule has 2 rings (SSSR count). The molecule has 1 fully saturated rings. The average Bonchev–Trinajstić information content (AvgIpc) is 2.39. The van der Waals surface area contributed by atoms with Crippen molar-refractivity contribution in [1.29, 1.82) is 0 Å². The lowest BCUT2D eigenvalue weighted by molar-refractivity contribution is 0.0705. The lowest BCUT2D eigenvalue weighted by Gasteiger charge is -2.31. The van der Waals surface area contributed by atoms with E-state index in [-0.39, 0.29) is 5.91 Å². The lowest BCUT2D eigenvalue weighted by Crippen LogP contribution is -2.46. The second-order valence-corrected chi connectivity index (χ2v) is 3.97. The van der Waals surface area contributed by atoms with Crippen molar-refractivity contribution in [3.05, 3.63) is 30.1 Å². The number of nitrogens with zero attached hydrogens (tertiary/aromatic N) is 2. The zero-order chi connectivity index (χ0) is 11.4. The molecule has 5 nitrogen and oxygen atoms in total. The van der Waals surface area contributed by atoms with Crippen LogP contribution in [-0.2, 0) is 0 Å². The first kappa shape index (κ1) is 11.0. The monoisotopic (exact) mass is 220 g/mol. The van der Waals surface area contributed by atoms with Crippen LogP contribution in [0.2, 0.25) is 0 Å². The summed E-state index contributed by atoms with van der Waals surface area (Å²) in [5.41, 5.74) is 3.41. The summed E-state index contributed by atoms with van der Waals surface area (Å²) >= 11 is 0. The maximum Gasteiger partial charge on any atom is 0.255 e. The van der Waals surface area contributed by atoms with Gasteiger partial charge in [-0.05, 0) is 25.0 Å². The highest BCUT2D eigenvalue weighted by Crippen LogP contribution is 2.12. The Labute approximate surface area is 94.6 Å². The summed E-state index contributed by atoms with van der Waals surface area (Å²) in [5.74, 6) is 5.43. The molecule has 1 aliphatic heterocycles. The van der Waals surface area contributed by atoms with E-state index in [1.807, 2.05) is 4.90 Å². The van der Waals surface area contributed by atoms with Crippen molar-refractivity contribution >= 4 is 5.91 Å². The topological polar surface area (TPSA) is 71.2 Å². The maximum absolute atomic E-state index is 12.0. The minimum atomic E-state index is 0.0589. The average molecular weight is 220 g/mol. The molecule has 1 saturated heterocycles. The zero-order valence-electron chi connectivity index (χ0n) is 9.10. The molecule has 0 bridgehead atoms. The molecule has 1 aromatic rings. The number of pyridine rings is 1. The third kappa shape index (κ3) is 2.37. The van der Waals surface area contributed by atoms with Crippen molar-refractivity contribution in [2.75, 3.05) is 13.1 Å². The number of likely N-dealkylation sites (tertiary alicyclic amines) is 1. The summed E-state index contributed by atoms with van der Waals surface area (Å²) in [6.45, 7) is 1.51. The van der Waals surface area contributed by atoms with Gasteiger partial charge in [0.25, 0.3) is 5.91 Å². The molecule has 1 aliphatic rings. The number of hydrazine groups is 1. The third-order valence-electron chi connectivity index (χ3n) is 2.93. The molecule has 0 atom stereocenters. The number of nitrogens with two attached hydrogens (primary N) is 1. The van der Waals surface area contributed by atoms with Gasteiger partial charge in [0.05, 0.1) is 5.56 Å². The van der Waals surface area contributed by atoms with Crippen LogP contribution >= 0.6 is 0 Å². The van der Waals surface area contributed by atoms with E-state index in [0.29, 0.717) is 11.6 Å². The quantitative estimate of drug-likeness (QED) is 0.550. The Morgan fingerprint density at radius 3 is 2.81 bits per heavy atom. The molecule has 86 valence electrons. The van der Waals surface area contributed by atoms with E-state index < -0.39 is 0 Å². The second-order valence-electron chi connectivity index (χ2n) is 3.97. The van der Waals surface area contributed by atoms with Gasteiger partial charge < -0.3 is 4.90 Å². The second kappa shape index (κ2) is 5.05. The van der Waals surface area contributed by atoms with Crippen LogP contribution in [0.25, 0.3) is 0 Å². The number of aromatic nitrogens is 1. The van der Waals surface area contributed by atoms with Crippen molar-refractivity contribution < 1.29 is 4.79 Å². The van der Waals surface area contributed by atoms with Gasteiger partial charge in [0, 0.05) is 31.5 Å². The molecule has 0 spiro atoms. The Balaban J connectivity index is 1.97. The summed E-state index contributed by atoms with van der Waals surface area (Å²) in [6, 6.07) is 3.90. The predicted molar refractivity (Wildman–Crippen MR) is 60.5 cm³/mol. The van der Waals surface area contributed by atoms with Crippen molar-refractivity contribution in [3.8, 4) is 0 Å². The number of amides is 1. The molecule has 5 heteroatoms. The molecule has 1 amide bonds. The molecule has 0 unspecified atom stereocenters. The SMILES string of the molecule is NNC1CCN(C(=O)c2cccnc2)CC1. The van der Waals surface area contributed by atoms with Crippen LogP contribution < -0.4 is 11.3 Å². The van der Waals surface area contributed by atoms with Crippen LogP contribution in [-0.4, -0.2) is 34.9 Å². The van der Waals surface area contributed by atoms with Gasteiger partial charge in [-0.2, -0.15) is 0 Å². The van der Waals surface area contributed by atoms with E-state index in [2.05, 4.69) is 10.4 Å². The smallest absolute Gasteiger partial charge is 0.255 e. The van der Waals surface area contributed by atoms with Crippen LogP contribution in [0, 0.1) is 0 Å². The van der Waals surface area contributed by atoms with Crippen LogP contribution in [0.3, 0.4) is 0 Å². The molecule has 0 aromatic carbocycles. The van der Waals surface area contributed by atoms with Crippen LogP contribution in [0.1, 0.15) is 23.2 Å². The Bertz CT molecular complexity index is 346. The van der Waals surface area contributed by atoms with E-state index in [1.165, 1.54) is 0 Å². The van der Waals surface area contributed by atoms with Gasteiger partial charge in [-0.3, -0.25) is 21.0 Å². The summed E-state index contributed by atoms with van der Waals surface area (Å²) in [6.07, 6.45) is 5.09. The lowest BCUT2D eigenvalue weighted by atomic mass is 10.1. The molecule has 16 heavy (non-hydrogen) atoms. The van der Waals surface area contributed by atoms with Gasteiger partial charge in [0.1, 0.15) is 0 Å². The number of rotatable bonds is 2. The van der Waals surface area contributed by atoms with Crippen molar-refractivity contribution in [2.45, 2.75) is 18.9 Å². The summed E-state index contributed by atoms with van der Waals surface area (Å²) in [7, 11) is 0. The van der Waals surface area contributed by atoms with E-state index >= 15 is 0 Å². The van der Waals surface area contributed by atoms with Crippen molar-refractivity contribution in [1.82, 2.24) is 15.3 Å². The summed E-state index contributed by atoms with van der Waals surface area (Å²) in [5, 5.41) is 0. The fraction of sp³-hybridized carbons (Fsp3) is 0.455. The van der Waals surface area contributed by atoms with E-state index in [9.17, 15) is 4.79 Å². The van der Waals surface area contributed by atoms with Crippen molar-refractivity contribution in [2.24, 2.45) is 5.84 Å². The number of piperidine rings is 1. The van der Waals surface area contributed by atoms with Crippen LogP contribution in [0.15, 0.2) is 24.5 Å². The molecule has 0 radical (unpaired) electrons. The van der Waals surface area contributed by atoms with Crippen LogP contribution in [0.5, 0.6) is 0 Å². The number of carbonyl (C=O) groups excluding carboxylic acids is 1. The standard InChI is InChI=1S/C11H16N4O/c12-14-10-3-6-15(7-4-10)11(16)9-2-1-5-13-8-9/h1-2,5,8,10,14H,3-4,6-7,12H2. The molecule has 3 N–H and O–H groups in total. The fourth-order valence-corrected chi connectivity index (χ4v) is 1.92. The van der Waals surface area contributed by atoms with Gasteiger partial charge in [-0.1, -0.05) is 0 Å². The highest BCUT2D eigenvalue weighted by atomic mass is 16.2. The predicted octanol–water partition coefficient (Wildman–Crippen LogP) is 0.150. The summed E-state index contributed by atoms with van der Waals surface area (Å²) in [4.78, 5) is 17.8. The van der Waals surface area contributed by atoms with Crippen LogP contribution in [0.4, 0.5) is 0 Å². The normalized spacial score (nSPS) is 17.4. The zero-order valence-corrected chi connectivity index (χ0v) is 9.10. The largest absolute Gasteiger partial charge is 0.338 e. The van der Waals surface area contributed by atoms with Gasteiger partial charge in [-0.25, -0.2) is 0 Å². The summed E-state index contributed by atoms with van der Waals surface area (Å²) < 4.78 is 0. The Morgan fingerprint density at radius 2 is 2.25 bits per heavy atom. The molecule has 0 saturated carbocycles. The van der Waals surface area contributed by atoms with Gasteiger partial charge >= 0.3 is 0 Å². The van der Waals surface area contributed by atoms with E-state index in [1.54, 1.807) is 24.5 Å². The molecular weight excluding hydrogens is 204 g/mol. The third-order valence-corrected chi connectivity index (χ3v) is 2.93. The first-order chi connectivity index (χ1) is 7.81. The highest BCUT2D eigenvalue weighted by Gasteiger charge is 2.22. The molecule has 2 heterocycles. The van der Waals surface area contributed by atoms with Crippen molar-refractivity contribution in [3.63, 3.8) is 0 Å². The minimum Gasteiger partial charge on any atom is -0.338 e. The van der Waals surface area contributed by atoms with Gasteiger partial charge in [0.15, 0.2) is 0 Å². The van der Waals surface area contributed by atoms with E-state index in [4.69, 9.17) is 5.84 Å². The maximum atomic E-state index is 12.0. The van der Waals surface area contributed by atoms with Gasteiger partial charge in [-0.15, -0.1) is 0 Å². The number of hydrogen-bond donors (Lipinski definition) is 2. The van der Waals surface area contributed by atoms with Gasteiger partial charge in [0.2, 0.25) is 0 Å². The highest BCUT2D eigenvalue weighted by molar-refractivity contribution is 5.93. The molecule has 1 aromatic heterocycles. The Kier molecular flexibility index (Phi) is 3.48. The first-order valence-corrected chi connectivity index (χ1v) is 5.46. The Morgan fingerprint density at radius 1 is 1.50 bits per heavy atom. The minimum absolute atomic E-state index is 0.0589. The fourth-order valence-electron chi connectivity index (χ4n) is 1.92. The van der Waals surface area contributed by atoms with E-state index in [0.717, 1.165) is 25.9 Å². The first-order valence-electron chi connectivity index (χ1n) is 5.46. The Hall–Kier alpha value is -1.46. The number of hydrogen-bond acceptors (Lipinski definition) is 4. The molecule has 0 aliphatic carbocycles. The number of carbonyl (C=O) groups is 1.